The first-order valence-corrected chi connectivity index (χ1v) is 10.6. The Morgan fingerprint density at radius 1 is 1.07 bits per heavy atom. The number of rotatable bonds is 9. The van der Waals surface area contributed by atoms with Gasteiger partial charge >= 0.3 is 0 Å². The molecule has 3 rings (SSSR count). The number of hydrogen-bond donors (Lipinski definition) is 1. The second kappa shape index (κ2) is 10.1. The first-order valence-electron chi connectivity index (χ1n) is 10.6. The molecule has 158 valence electrons. The van der Waals surface area contributed by atoms with Crippen LogP contribution in [0, 0.1) is 5.92 Å². The van der Waals surface area contributed by atoms with Crippen LogP contribution in [0.3, 0.4) is 0 Å². The Balaban J connectivity index is 1.66. The molecule has 4 nitrogen and oxygen atoms in total. The van der Waals surface area contributed by atoms with Crippen molar-refractivity contribution in [3.05, 3.63) is 59.7 Å². The summed E-state index contributed by atoms with van der Waals surface area (Å²) in [6.07, 6.45) is 3.26. The minimum absolute atomic E-state index is 0.0558. The van der Waals surface area contributed by atoms with Crippen molar-refractivity contribution in [1.29, 1.82) is 0 Å². The van der Waals surface area contributed by atoms with Gasteiger partial charge in [0.15, 0.2) is 0 Å². The summed E-state index contributed by atoms with van der Waals surface area (Å²) in [6, 6.07) is 16.7. The van der Waals surface area contributed by atoms with Crippen LogP contribution in [-0.4, -0.2) is 33.0 Å². The van der Waals surface area contributed by atoms with Gasteiger partial charge in [-0.25, -0.2) is 0 Å². The van der Waals surface area contributed by atoms with Gasteiger partial charge in [-0.15, -0.1) is 0 Å². The number of para-hydroxylation sites is 1. The third-order valence-electron chi connectivity index (χ3n) is 5.96. The second-order valence-electron chi connectivity index (χ2n) is 8.52. The zero-order valence-corrected chi connectivity index (χ0v) is 18.2. The molecule has 29 heavy (non-hydrogen) atoms. The first-order chi connectivity index (χ1) is 14.0. The van der Waals surface area contributed by atoms with Gasteiger partial charge in [0, 0.05) is 13.2 Å². The van der Waals surface area contributed by atoms with Gasteiger partial charge in [-0.1, -0.05) is 30.3 Å². The van der Waals surface area contributed by atoms with Gasteiger partial charge in [0.25, 0.3) is 0 Å². The van der Waals surface area contributed by atoms with Crippen LogP contribution in [-0.2, 0) is 11.3 Å². The molecule has 0 aromatic heterocycles. The molecule has 2 atom stereocenters. The van der Waals surface area contributed by atoms with E-state index in [1.807, 2.05) is 12.1 Å². The van der Waals surface area contributed by atoms with Crippen LogP contribution in [0.2, 0.25) is 0 Å². The van der Waals surface area contributed by atoms with Crippen LogP contribution < -0.4 is 14.8 Å². The lowest BCUT2D eigenvalue weighted by atomic mass is 9.75. The van der Waals surface area contributed by atoms with Crippen LogP contribution in [0.4, 0.5) is 0 Å². The first kappa shape index (κ1) is 21.7. The fourth-order valence-electron chi connectivity index (χ4n) is 4.47. The lowest BCUT2D eigenvalue weighted by Crippen LogP contribution is -2.37. The standard InChI is InChI=1S/C25H35NO3/c1-25(2)17-20(14-16-29-25)22(23-7-5-6-8-24(23)28-4)13-15-26-18-19-9-11-21(27-3)12-10-19/h5-12,20,22,26H,13-18H2,1-4H3/t20-,22+/m0/s1. The Morgan fingerprint density at radius 3 is 2.52 bits per heavy atom. The summed E-state index contributed by atoms with van der Waals surface area (Å²) in [7, 11) is 3.47. The number of methoxy groups -OCH3 is 2. The molecule has 1 aliphatic heterocycles. The van der Waals surface area contributed by atoms with Crippen molar-refractivity contribution < 1.29 is 14.2 Å². The minimum Gasteiger partial charge on any atom is -0.497 e. The van der Waals surface area contributed by atoms with E-state index >= 15 is 0 Å². The largest absolute Gasteiger partial charge is 0.497 e. The van der Waals surface area contributed by atoms with Crippen LogP contribution >= 0.6 is 0 Å². The van der Waals surface area contributed by atoms with Crippen LogP contribution in [0.15, 0.2) is 48.5 Å². The molecule has 2 aromatic rings. The molecule has 1 fully saturated rings. The van der Waals surface area contributed by atoms with Gasteiger partial charge < -0.3 is 19.5 Å². The van der Waals surface area contributed by atoms with Crippen molar-refractivity contribution in [2.75, 3.05) is 27.4 Å². The molecule has 2 aromatic carbocycles. The summed E-state index contributed by atoms with van der Waals surface area (Å²) in [5.74, 6) is 2.94. The number of hydrogen-bond acceptors (Lipinski definition) is 4. The van der Waals surface area contributed by atoms with Crippen LogP contribution in [0.1, 0.15) is 50.2 Å². The van der Waals surface area contributed by atoms with Crippen molar-refractivity contribution in [2.24, 2.45) is 5.92 Å². The molecule has 0 bridgehead atoms. The number of benzene rings is 2. The zero-order chi connectivity index (χ0) is 20.7. The molecule has 0 aliphatic carbocycles. The molecule has 1 aliphatic rings. The van der Waals surface area contributed by atoms with E-state index in [0.717, 1.165) is 50.5 Å². The molecular formula is C25H35NO3. The summed E-state index contributed by atoms with van der Waals surface area (Å²) >= 11 is 0. The van der Waals surface area contributed by atoms with Crippen LogP contribution in [0.5, 0.6) is 11.5 Å². The maximum absolute atomic E-state index is 5.98. The topological polar surface area (TPSA) is 39.7 Å². The van der Waals surface area contributed by atoms with E-state index in [-0.39, 0.29) is 5.60 Å². The lowest BCUT2D eigenvalue weighted by Gasteiger charge is -2.40. The van der Waals surface area contributed by atoms with Crippen molar-refractivity contribution in [1.82, 2.24) is 5.32 Å². The SMILES string of the molecule is COc1ccc(CNCC[C@@H](c2ccccc2OC)[C@H]2CCOC(C)(C)C2)cc1. The van der Waals surface area contributed by atoms with E-state index in [0.29, 0.717) is 11.8 Å². The highest BCUT2D eigenvalue weighted by molar-refractivity contribution is 5.37. The predicted octanol–water partition coefficient (Wildman–Crippen LogP) is 5.17. The highest BCUT2D eigenvalue weighted by Crippen LogP contribution is 2.42. The van der Waals surface area contributed by atoms with E-state index < -0.39 is 0 Å². The monoisotopic (exact) mass is 397 g/mol. The summed E-state index contributed by atoms with van der Waals surface area (Å²) in [5.41, 5.74) is 2.54. The molecule has 0 radical (unpaired) electrons. The quantitative estimate of drug-likeness (QED) is 0.593. The third kappa shape index (κ3) is 5.97. The van der Waals surface area contributed by atoms with E-state index in [1.54, 1.807) is 14.2 Å². The van der Waals surface area contributed by atoms with Crippen molar-refractivity contribution in [2.45, 2.75) is 51.2 Å². The van der Waals surface area contributed by atoms with E-state index in [1.165, 1.54) is 11.1 Å². The van der Waals surface area contributed by atoms with E-state index in [9.17, 15) is 0 Å². The Labute approximate surface area is 175 Å². The highest BCUT2D eigenvalue weighted by Gasteiger charge is 2.34. The van der Waals surface area contributed by atoms with E-state index in [2.05, 4.69) is 55.6 Å². The zero-order valence-electron chi connectivity index (χ0n) is 18.2. The molecule has 4 heteroatoms. The van der Waals surface area contributed by atoms with Gasteiger partial charge in [-0.3, -0.25) is 0 Å². The van der Waals surface area contributed by atoms with Gasteiger partial charge in [-0.2, -0.15) is 0 Å². The molecule has 1 saturated heterocycles. The Bertz CT molecular complexity index is 757. The normalized spacial score (nSPS) is 19.5. The molecule has 0 spiro atoms. The Hall–Kier alpha value is -2.04. The highest BCUT2D eigenvalue weighted by atomic mass is 16.5. The smallest absolute Gasteiger partial charge is 0.122 e. The molecular weight excluding hydrogens is 362 g/mol. The Kier molecular flexibility index (Phi) is 7.57. The third-order valence-corrected chi connectivity index (χ3v) is 5.96. The average molecular weight is 398 g/mol. The summed E-state index contributed by atoms with van der Waals surface area (Å²) in [5, 5.41) is 3.62. The van der Waals surface area contributed by atoms with Gasteiger partial charge in [-0.05, 0) is 80.8 Å². The molecule has 0 amide bonds. The molecule has 1 heterocycles. The number of nitrogens with one attached hydrogen (secondary N) is 1. The maximum Gasteiger partial charge on any atom is 0.122 e. The Morgan fingerprint density at radius 2 is 1.83 bits per heavy atom. The van der Waals surface area contributed by atoms with Gasteiger partial charge in [0.1, 0.15) is 11.5 Å². The summed E-state index contributed by atoms with van der Waals surface area (Å²) in [4.78, 5) is 0. The number of ether oxygens (including phenoxy) is 3. The molecule has 0 saturated carbocycles. The lowest BCUT2D eigenvalue weighted by molar-refractivity contribution is -0.0772. The predicted molar refractivity (Wildman–Crippen MR) is 118 cm³/mol. The fraction of sp³-hybridized carbons (Fsp3) is 0.520. The van der Waals surface area contributed by atoms with Crippen molar-refractivity contribution in [3.63, 3.8) is 0 Å². The summed E-state index contributed by atoms with van der Waals surface area (Å²) in [6.45, 7) is 7.08. The minimum atomic E-state index is -0.0558. The molecule has 0 unspecified atom stereocenters. The van der Waals surface area contributed by atoms with Crippen molar-refractivity contribution >= 4 is 0 Å². The second-order valence-corrected chi connectivity index (χ2v) is 8.52. The molecule has 1 N–H and O–H groups in total. The summed E-state index contributed by atoms with van der Waals surface area (Å²) < 4.78 is 16.9. The van der Waals surface area contributed by atoms with Gasteiger partial charge in [0.2, 0.25) is 0 Å². The average Bonchev–Trinajstić information content (AvgIpc) is 2.73. The van der Waals surface area contributed by atoms with Gasteiger partial charge in [0.05, 0.1) is 19.8 Å². The maximum atomic E-state index is 5.98. The van der Waals surface area contributed by atoms with E-state index in [4.69, 9.17) is 14.2 Å². The van der Waals surface area contributed by atoms with Crippen molar-refractivity contribution in [3.8, 4) is 11.5 Å². The fourth-order valence-corrected chi connectivity index (χ4v) is 4.47. The van der Waals surface area contributed by atoms with Crippen LogP contribution in [0.25, 0.3) is 0 Å².